The first-order valence-electron chi connectivity index (χ1n) is 4.55. The first-order valence-corrected chi connectivity index (χ1v) is 4.55. The Kier molecular flexibility index (Phi) is 4.91. The van der Waals surface area contributed by atoms with Gasteiger partial charge in [-0.05, 0) is 0 Å². The summed E-state index contributed by atoms with van der Waals surface area (Å²) < 4.78 is 0. The predicted molar refractivity (Wildman–Crippen MR) is 51.7 cm³/mol. The highest BCUT2D eigenvalue weighted by atomic mass is 15.2. The lowest BCUT2D eigenvalue weighted by Crippen LogP contribution is -2.44. The van der Waals surface area contributed by atoms with Crippen molar-refractivity contribution < 1.29 is 0 Å². The Labute approximate surface area is 73.8 Å². The third-order valence-corrected chi connectivity index (χ3v) is 1.94. The van der Waals surface area contributed by atoms with Crippen LogP contribution in [0.25, 0.3) is 0 Å². The fraction of sp³-hybridized carbons (Fsp3) is 0.875. The van der Waals surface area contributed by atoms with Gasteiger partial charge in [0.2, 0.25) is 0 Å². The average Bonchev–Trinajstić information content (AvgIpc) is 2.14. The number of piperazine rings is 1. The summed E-state index contributed by atoms with van der Waals surface area (Å²) in [6, 6.07) is 0. The van der Waals surface area contributed by atoms with Gasteiger partial charge in [-0.1, -0.05) is 0 Å². The van der Waals surface area contributed by atoms with Gasteiger partial charge in [-0.15, -0.1) is 0 Å². The van der Waals surface area contributed by atoms with E-state index in [1.807, 2.05) is 6.21 Å². The lowest BCUT2D eigenvalue weighted by molar-refractivity contribution is 0.273. The van der Waals surface area contributed by atoms with E-state index in [1.54, 1.807) is 0 Å². The van der Waals surface area contributed by atoms with E-state index in [0.717, 1.165) is 39.3 Å². The molecule has 0 saturated carbocycles. The Balaban J connectivity index is 2.04. The van der Waals surface area contributed by atoms with E-state index in [-0.39, 0.29) is 0 Å². The summed E-state index contributed by atoms with van der Waals surface area (Å²) in [5.41, 5.74) is 5.31. The zero-order valence-electron chi connectivity index (χ0n) is 7.50. The highest BCUT2D eigenvalue weighted by Crippen LogP contribution is 1.88. The molecular formula is C8H18N4. The summed E-state index contributed by atoms with van der Waals surface area (Å²) in [4.78, 5) is 6.56. The van der Waals surface area contributed by atoms with Crippen LogP contribution in [0.4, 0.5) is 0 Å². The largest absolute Gasteiger partial charge is 0.329 e. The molecule has 1 fully saturated rings. The van der Waals surface area contributed by atoms with E-state index in [0.29, 0.717) is 6.54 Å². The van der Waals surface area contributed by atoms with E-state index in [2.05, 4.69) is 15.2 Å². The zero-order chi connectivity index (χ0) is 8.65. The van der Waals surface area contributed by atoms with E-state index in [9.17, 15) is 0 Å². The van der Waals surface area contributed by atoms with Crippen molar-refractivity contribution in [2.75, 3.05) is 45.8 Å². The standard InChI is InChI=1S/C8H18N4/c9-1-2-10-3-6-12-7-4-11-5-8-12/h3,11H,1-2,4-9H2. The number of aliphatic imine (C=N–C) groups is 1. The molecule has 1 saturated heterocycles. The molecule has 70 valence electrons. The normalized spacial score (nSPS) is 20.4. The summed E-state index contributed by atoms with van der Waals surface area (Å²) in [6.07, 6.45) is 1.97. The van der Waals surface area contributed by atoms with Crippen LogP contribution in [0.1, 0.15) is 0 Å². The lowest BCUT2D eigenvalue weighted by Gasteiger charge is -2.25. The molecule has 1 heterocycles. The minimum atomic E-state index is 0.651. The molecule has 1 aliphatic rings. The van der Waals surface area contributed by atoms with Crippen LogP contribution in [0.2, 0.25) is 0 Å². The second-order valence-corrected chi connectivity index (χ2v) is 2.93. The van der Waals surface area contributed by atoms with Gasteiger partial charge in [0.15, 0.2) is 0 Å². The maximum Gasteiger partial charge on any atom is 0.0508 e. The van der Waals surface area contributed by atoms with Crippen LogP contribution in [0, 0.1) is 0 Å². The van der Waals surface area contributed by atoms with Gasteiger partial charge in [0, 0.05) is 45.5 Å². The van der Waals surface area contributed by atoms with Gasteiger partial charge in [-0.25, -0.2) is 0 Å². The van der Waals surface area contributed by atoms with Crippen LogP contribution in [0.5, 0.6) is 0 Å². The SMILES string of the molecule is NCCN=CCN1CCNCC1. The Morgan fingerprint density at radius 3 is 2.83 bits per heavy atom. The van der Waals surface area contributed by atoms with Gasteiger partial charge < -0.3 is 11.1 Å². The lowest BCUT2D eigenvalue weighted by atomic mass is 10.4. The van der Waals surface area contributed by atoms with Gasteiger partial charge in [0.05, 0.1) is 6.54 Å². The van der Waals surface area contributed by atoms with Gasteiger partial charge in [-0.3, -0.25) is 9.89 Å². The molecule has 0 aromatic rings. The fourth-order valence-electron chi connectivity index (χ4n) is 1.23. The zero-order valence-corrected chi connectivity index (χ0v) is 7.50. The minimum Gasteiger partial charge on any atom is -0.329 e. The van der Waals surface area contributed by atoms with Crippen molar-refractivity contribution in [2.24, 2.45) is 10.7 Å². The van der Waals surface area contributed by atoms with Crippen molar-refractivity contribution in [3.05, 3.63) is 0 Å². The molecule has 1 aliphatic heterocycles. The van der Waals surface area contributed by atoms with Crippen molar-refractivity contribution in [2.45, 2.75) is 0 Å². The molecule has 0 atom stereocenters. The summed E-state index contributed by atoms with van der Waals surface area (Å²) in [6.45, 7) is 6.85. The van der Waals surface area contributed by atoms with Crippen molar-refractivity contribution in [1.29, 1.82) is 0 Å². The molecule has 0 aliphatic carbocycles. The minimum absolute atomic E-state index is 0.651. The van der Waals surface area contributed by atoms with Crippen LogP contribution in [0.3, 0.4) is 0 Å². The second-order valence-electron chi connectivity index (χ2n) is 2.93. The van der Waals surface area contributed by atoms with Gasteiger partial charge >= 0.3 is 0 Å². The number of hydrogen-bond acceptors (Lipinski definition) is 4. The summed E-state index contributed by atoms with van der Waals surface area (Å²) in [5.74, 6) is 0. The van der Waals surface area contributed by atoms with E-state index >= 15 is 0 Å². The summed E-state index contributed by atoms with van der Waals surface area (Å²) >= 11 is 0. The number of nitrogens with one attached hydrogen (secondary N) is 1. The Bertz CT molecular complexity index is 129. The monoisotopic (exact) mass is 170 g/mol. The number of rotatable bonds is 4. The molecule has 0 amide bonds. The first kappa shape index (κ1) is 9.64. The summed E-state index contributed by atoms with van der Waals surface area (Å²) in [7, 11) is 0. The Hall–Kier alpha value is -0.450. The average molecular weight is 170 g/mol. The third kappa shape index (κ3) is 3.80. The van der Waals surface area contributed by atoms with Crippen LogP contribution < -0.4 is 11.1 Å². The van der Waals surface area contributed by atoms with E-state index < -0.39 is 0 Å². The van der Waals surface area contributed by atoms with Gasteiger partial charge in [0.25, 0.3) is 0 Å². The smallest absolute Gasteiger partial charge is 0.0508 e. The molecule has 0 spiro atoms. The van der Waals surface area contributed by atoms with E-state index in [1.165, 1.54) is 0 Å². The molecule has 3 N–H and O–H groups in total. The third-order valence-electron chi connectivity index (χ3n) is 1.94. The maximum atomic E-state index is 5.31. The quantitative estimate of drug-likeness (QED) is 0.528. The Morgan fingerprint density at radius 1 is 1.42 bits per heavy atom. The van der Waals surface area contributed by atoms with Crippen molar-refractivity contribution in [3.63, 3.8) is 0 Å². The van der Waals surface area contributed by atoms with Crippen molar-refractivity contribution in [1.82, 2.24) is 10.2 Å². The Morgan fingerprint density at radius 2 is 2.17 bits per heavy atom. The molecule has 0 aromatic heterocycles. The molecule has 4 heteroatoms. The molecule has 0 bridgehead atoms. The van der Waals surface area contributed by atoms with Crippen molar-refractivity contribution in [3.8, 4) is 0 Å². The molecule has 0 unspecified atom stereocenters. The molecule has 0 radical (unpaired) electrons. The maximum absolute atomic E-state index is 5.31. The van der Waals surface area contributed by atoms with Gasteiger partial charge in [0.1, 0.15) is 0 Å². The second kappa shape index (κ2) is 6.11. The number of nitrogens with two attached hydrogens (primary N) is 1. The van der Waals surface area contributed by atoms with Crippen LogP contribution in [-0.2, 0) is 0 Å². The molecule has 4 nitrogen and oxygen atoms in total. The molecule has 0 aromatic carbocycles. The van der Waals surface area contributed by atoms with E-state index in [4.69, 9.17) is 5.73 Å². The number of hydrogen-bond donors (Lipinski definition) is 2. The first-order chi connectivity index (χ1) is 5.93. The van der Waals surface area contributed by atoms with Crippen LogP contribution in [0.15, 0.2) is 4.99 Å². The highest BCUT2D eigenvalue weighted by molar-refractivity contribution is 5.59. The topological polar surface area (TPSA) is 53.6 Å². The van der Waals surface area contributed by atoms with Crippen LogP contribution in [-0.4, -0.2) is 56.9 Å². The fourth-order valence-corrected chi connectivity index (χ4v) is 1.23. The summed E-state index contributed by atoms with van der Waals surface area (Å²) in [5, 5.41) is 3.31. The van der Waals surface area contributed by atoms with Crippen LogP contribution >= 0.6 is 0 Å². The molecular weight excluding hydrogens is 152 g/mol. The highest BCUT2D eigenvalue weighted by Gasteiger charge is 2.06. The predicted octanol–water partition coefficient (Wildman–Crippen LogP) is -1.08. The van der Waals surface area contributed by atoms with Gasteiger partial charge in [-0.2, -0.15) is 0 Å². The molecule has 12 heavy (non-hydrogen) atoms. The van der Waals surface area contributed by atoms with Crippen molar-refractivity contribution >= 4 is 6.21 Å². The molecule has 1 rings (SSSR count). The number of nitrogens with zero attached hydrogens (tertiary/aromatic N) is 2.